The van der Waals surface area contributed by atoms with Crippen molar-refractivity contribution in [3.05, 3.63) is 65.2 Å². The van der Waals surface area contributed by atoms with Crippen molar-refractivity contribution in [2.24, 2.45) is 0 Å². The summed E-state index contributed by atoms with van der Waals surface area (Å²) in [5, 5.41) is 1.29. The molecule has 0 radical (unpaired) electrons. The van der Waals surface area contributed by atoms with Gasteiger partial charge in [0.15, 0.2) is 0 Å². The Kier molecular flexibility index (Phi) is 5.00. The predicted octanol–water partition coefficient (Wildman–Crippen LogP) is 7.16. The van der Waals surface area contributed by atoms with E-state index < -0.39 is 6.36 Å². The summed E-state index contributed by atoms with van der Waals surface area (Å²) in [6.07, 6.45) is -4.35. The molecule has 0 amide bonds. The first-order valence-electron chi connectivity index (χ1n) is 9.79. The SMILES string of the molecule is CC(C)c1cc2cc(CC(C)c3cc4c(OC(F)(F)F)cccc4[nH]3)c(F)cc2[nH]1. The average molecular weight is 418 g/mol. The van der Waals surface area contributed by atoms with E-state index in [-0.39, 0.29) is 17.5 Å². The maximum atomic E-state index is 14.7. The lowest BCUT2D eigenvalue weighted by atomic mass is 9.96. The van der Waals surface area contributed by atoms with Crippen molar-refractivity contribution in [1.82, 2.24) is 9.97 Å². The second kappa shape index (κ2) is 7.38. The number of H-pyrrole nitrogens is 2. The minimum atomic E-state index is -4.76. The van der Waals surface area contributed by atoms with Crippen molar-refractivity contribution in [3.63, 3.8) is 0 Å². The fraction of sp³-hybridized carbons (Fsp3) is 0.304. The molecule has 1 unspecified atom stereocenters. The van der Waals surface area contributed by atoms with Crippen LogP contribution in [0.4, 0.5) is 17.6 Å². The summed E-state index contributed by atoms with van der Waals surface area (Å²) >= 11 is 0. The lowest BCUT2D eigenvalue weighted by Gasteiger charge is -2.11. The van der Waals surface area contributed by atoms with Gasteiger partial charge in [-0.05, 0) is 54.3 Å². The summed E-state index contributed by atoms with van der Waals surface area (Å²) in [7, 11) is 0. The van der Waals surface area contributed by atoms with Gasteiger partial charge in [0.1, 0.15) is 11.6 Å². The van der Waals surface area contributed by atoms with Gasteiger partial charge in [-0.3, -0.25) is 0 Å². The van der Waals surface area contributed by atoms with Crippen LogP contribution in [-0.2, 0) is 6.42 Å². The monoisotopic (exact) mass is 418 g/mol. The highest BCUT2D eigenvalue weighted by atomic mass is 19.4. The minimum Gasteiger partial charge on any atom is -0.405 e. The number of hydrogen-bond acceptors (Lipinski definition) is 1. The fourth-order valence-corrected chi connectivity index (χ4v) is 3.76. The first kappa shape index (κ1) is 20.3. The van der Waals surface area contributed by atoms with Crippen LogP contribution in [0.15, 0.2) is 42.5 Å². The van der Waals surface area contributed by atoms with E-state index in [1.165, 1.54) is 18.2 Å². The van der Waals surface area contributed by atoms with Gasteiger partial charge < -0.3 is 14.7 Å². The van der Waals surface area contributed by atoms with Crippen molar-refractivity contribution in [3.8, 4) is 5.75 Å². The Balaban J connectivity index is 1.63. The van der Waals surface area contributed by atoms with Crippen LogP contribution in [0.3, 0.4) is 0 Å². The topological polar surface area (TPSA) is 40.8 Å². The number of aromatic nitrogens is 2. The zero-order chi connectivity index (χ0) is 21.6. The van der Waals surface area contributed by atoms with Crippen LogP contribution in [0.25, 0.3) is 21.8 Å². The molecule has 0 saturated heterocycles. The molecule has 4 rings (SSSR count). The number of alkyl halides is 3. The van der Waals surface area contributed by atoms with Crippen LogP contribution in [0, 0.1) is 5.82 Å². The molecule has 2 aromatic heterocycles. The Labute approximate surface area is 171 Å². The number of rotatable bonds is 5. The van der Waals surface area contributed by atoms with E-state index in [4.69, 9.17) is 0 Å². The average Bonchev–Trinajstić information content (AvgIpc) is 3.25. The van der Waals surface area contributed by atoms with E-state index in [1.807, 2.05) is 19.1 Å². The molecule has 2 aromatic carbocycles. The van der Waals surface area contributed by atoms with Crippen molar-refractivity contribution >= 4 is 21.8 Å². The Morgan fingerprint density at radius 1 is 0.933 bits per heavy atom. The number of nitrogens with one attached hydrogen (secondary N) is 2. The van der Waals surface area contributed by atoms with Crippen LogP contribution in [0.5, 0.6) is 5.75 Å². The van der Waals surface area contributed by atoms with Gasteiger partial charge in [0.25, 0.3) is 0 Å². The number of aromatic amines is 2. The van der Waals surface area contributed by atoms with Crippen molar-refractivity contribution < 1.29 is 22.3 Å². The lowest BCUT2D eigenvalue weighted by molar-refractivity contribution is -0.274. The molecule has 0 bridgehead atoms. The predicted molar refractivity (Wildman–Crippen MR) is 109 cm³/mol. The summed E-state index contributed by atoms with van der Waals surface area (Å²) in [5.41, 5.74) is 3.63. The summed E-state index contributed by atoms with van der Waals surface area (Å²) < 4.78 is 56.8. The van der Waals surface area contributed by atoms with Gasteiger partial charge in [0, 0.05) is 39.1 Å². The van der Waals surface area contributed by atoms with Gasteiger partial charge in [0.2, 0.25) is 0 Å². The van der Waals surface area contributed by atoms with Crippen LogP contribution < -0.4 is 4.74 Å². The summed E-state index contributed by atoms with van der Waals surface area (Å²) in [6.45, 7) is 6.04. The summed E-state index contributed by atoms with van der Waals surface area (Å²) in [5.74, 6) is -0.381. The van der Waals surface area contributed by atoms with E-state index in [2.05, 4.69) is 28.6 Å². The maximum absolute atomic E-state index is 14.7. The van der Waals surface area contributed by atoms with Crippen molar-refractivity contribution in [2.45, 2.75) is 45.4 Å². The molecule has 0 fully saturated rings. The van der Waals surface area contributed by atoms with Gasteiger partial charge in [-0.1, -0.05) is 26.8 Å². The van der Waals surface area contributed by atoms with Crippen LogP contribution in [0.2, 0.25) is 0 Å². The first-order valence-corrected chi connectivity index (χ1v) is 9.79. The Hall–Kier alpha value is -2.96. The number of halogens is 4. The molecule has 0 aliphatic carbocycles. The normalized spacial score (nSPS) is 13.5. The highest BCUT2D eigenvalue weighted by Gasteiger charge is 2.32. The van der Waals surface area contributed by atoms with Gasteiger partial charge in [-0.2, -0.15) is 0 Å². The molecule has 2 N–H and O–H groups in total. The Bertz CT molecular complexity index is 1200. The number of hydrogen-bond donors (Lipinski definition) is 2. The number of benzene rings is 2. The van der Waals surface area contributed by atoms with E-state index in [0.717, 1.165) is 22.3 Å². The minimum absolute atomic E-state index is 0.133. The molecule has 0 aliphatic rings. The molecule has 30 heavy (non-hydrogen) atoms. The smallest absolute Gasteiger partial charge is 0.405 e. The van der Waals surface area contributed by atoms with Crippen LogP contribution in [-0.4, -0.2) is 16.3 Å². The number of ether oxygens (including phenoxy) is 1. The summed E-state index contributed by atoms with van der Waals surface area (Å²) in [4.78, 5) is 6.38. The molecular formula is C23H22F4N2O. The molecule has 7 heteroatoms. The Morgan fingerprint density at radius 2 is 1.67 bits per heavy atom. The second-order valence-electron chi connectivity index (χ2n) is 8.01. The van der Waals surface area contributed by atoms with Crippen molar-refractivity contribution in [2.75, 3.05) is 0 Å². The summed E-state index contributed by atoms with van der Waals surface area (Å²) in [6, 6.07) is 11.5. The quantitative estimate of drug-likeness (QED) is 0.332. The molecule has 158 valence electrons. The molecule has 2 heterocycles. The first-order chi connectivity index (χ1) is 14.1. The highest BCUT2D eigenvalue weighted by Crippen LogP contribution is 2.34. The van der Waals surface area contributed by atoms with Crippen LogP contribution >= 0.6 is 0 Å². The second-order valence-corrected chi connectivity index (χ2v) is 8.01. The third-order valence-corrected chi connectivity index (χ3v) is 5.36. The van der Waals surface area contributed by atoms with Gasteiger partial charge >= 0.3 is 6.36 Å². The van der Waals surface area contributed by atoms with Gasteiger partial charge in [-0.15, -0.1) is 13.2 Å². The van der Waals surface area contributed by atoms with Gasteiger partial charge in [-0.25, -0.2) is 4.39 Å². The molecule has 0 spiro atoms. The van der Waals surface area contributed by atoms with Crippen LogP contribution in [0.1, 0.15) is 49.6 Å². The van der Waals surface area contributed by atoms with Crippen molar-refractivity contribution in [1.29, 1.82) is 0 Å². The highest BCUT2D eigenvalue weighted by molar-refractivity contribution is 5.87. The fourth-order valence-electron chi connectivity index (χ4n) is 3.76. The van der Waals surface area contributed by atoms with E-state index in [0.29, 0.717) is 28.8 Å². The Morgan fingerprint density at radius 3 is 2.37 bits per heavy atom. The lowest BCUT2D eigenvalue weighted by Crippen LogP contribution is -2.17. The largest absolute Gasteiger partial charge is 0.573 e. The number of fused-ring (bicyclic) bond motifs is 2. The van der Waals surface area contributed by atoms with Gasteiger partial charge in [0.05, 0.1) is 0 Å². The van der Waals surface area contributed by atoms with E-state index in [1.54, 1.807) is 12.1 Å². The third kappa shape index (κ3) is 4.01. The maximum Gasteiger partial charge on any atom is 0.573 e. The molecule has 0 saturated carbocycles. The van der Waals surface area contributed by atoms with E-state index >= 15 is 0 Å². The zero-order valence-corrected chi connectivity index (χ0v) is 16.8. The molecular weight excluding hydrogens is 396 g/mol. The molecule has 1 atom stereocenters. The molecule has 4 aromatic rings. The third-order valence-electron chi connectivity index (χ3n) is 5.36. The van der Waals surface area contributed by atoms with E-state index in [9.17, 15) is 17.6 Å². The standard InChI is InChI=1S/C23H22F4N2O/c1-12(2)19-9-15-8-14(17(24)11-21(15)29-19)7-13(3)20-10-16-18(28-20)5-4-6-22(16)30-23(25,26)27/h4-6,8-13,28-29H,7H2,1-3H3. The molecule has 0 aliphatic heterocycles. The zero-order valence-electron chi connectivity index (χ0n) is 16.8. The molecule has 3 nitrogen and oxygen atoms in total.